The largest absolute Gasteiger partial charge is 0.476 e. The van der Waals surface area contributed by atoms with Gasteiger partial charge < -0.3 is 19.5 Å². The number of hydrogen-bond acceptors (Lipinski definition) is 8. The molecule has 0 radical (unpaired) electrons. The van der Waals surface area contributed by atoms with Gasteiger partial charge in [0.1, 0.15) is 18.5 Å². The number of hydrogen-bond donors (Lipinski definition) is 1. The smallest absolute Gasteiger partial charge is 0.323 e. The highest BCUT2D eigenvalue weighted by Gasteiger charge is 2.30. The van der Waals surface area contributed by atoms with E-state index >= 15 is 0 Å². The van der Waals surface area contributed by atoms with Gasteiger partial charge in [-0.2, -0.15) is 0 Å². The molecule has 0 spiro atoms. The second kappa shape index (κ2) is 11.7. The monoisotopic (exact) mass is 487 g/mol. The molecule has 3 heterocycles. The van der Waals surface area contributed by atoms with Crippen molar-refractivity contribution in [3.8, 4) is 5.88 Å². The van der Waals surface area contributed by atoms with Crippen molar-refractivity contribution >= 4 is 11.6 Å². The standard InChI is InChI=1S/C27H29N5O4/c33-27(35-17-7-16-34-25-13-12-24-29-19-30-32(24)31-25)23-18-22(14-15-28-23)36-26(20-8-3-1-4-9-20)21-10-5-2-6-11-21/h1-6,8-13,19,22-23,26,28H,7,14-18H2. The zero-order valence-corrected chi connectivity index (χ0v) is 19.9. The summed E-state index contributed by atoms with van der Waals surface area (Å²) >= 11 is 0. The maximum Gasteiger partial charge on any atom is 0.323 e. The quantitative estimate of drug-likeness (QED) is 0.269. The lowest BCUT2D eigenvalue weighted by molar-refractivity contribution is -0.149. The average Bonchev–Trinajstić information content (AvgIpc) is 3.41. The van der Waals surface area contributed by atoms with E-state index in [2.05, 4.69) is 44.8 Å². The first-order valence-electron chi connectivity index (χ1n) is 12.2. The number of nitrogens with one attached hydrogen (secondary N) is 1. The number of benzene rings is 2. The molecule has 1 aliphatic heterocycles. The van der Waals surface area contributed by atoms with Gasteiger partial charge in [-0.25, -0.2) is 4.98 Å². The van der Waals surface area contributed by atoms with E-state index in [-0.39, 0.29) is 24.8 Å². The average molecular weight is 488 g/mol. The highest BCUT2D eigenvalue weighted by atomic mass is 16.5. The van der Waals surface area contributed by atoms with Crippen molar-refractivity contribution in [2.45, 2.75) is 37.5 Å². The van der Waals surface area contributed by atoms with Gasteiger partial charge in [0, 0.05) is 12.5 Å². The number of aromatic nitrogens is 4. The van der Waals surface area contributed by atoms with Gasteiger partial charge in [0.2, 0.25) is 5.88 Å². The molecule has 1 saturated heterocycles. The third kappa shape index (κ3) is 6.05. The van der Waals surface area contributed by atoms with Gasteiger partial charge in [0.05, 0.1) is 19.3 Å². The van der Waals surface area contributed by atoms with E-state index in [0.717, 1.165) is 17.5 Å². The SMILES string of the molecule is O=C(OCCCOc1ccc2ncnn2n1)C1CC(OC(c2ccccc2)c2ccccc2)CCN1. The van der Waals surface area contributed by atoms with Crippen LogP contribution in [0.5, 0.6) is 5.88 Å². The Morgan fingerprint density at radius 1 is 1.00 bits per heavy atom. The molecule has 186 valence electrons. The molecular formula is C27H29N5O4. The number of rotatable bonds is 10. The van der Waals surface area contributed by atoms with Crippen molar-refractivity contribution in [3.05, 3.63) is 90.3 Å². The van der Waals surface area contributed by atoms with E-state index in [9.17, 15) is 4.79 Å². The van der Waals surface area contributed by atoms with Crippen LogP contribution in [-0.2, 0) is 14.3 Å². The van der Waals surface area contributed by atoms with Gasteiger partial charge in [0.15, 0.2) is 5.65 Å². The molecule has 0 amide bonds. The lowest BCUT2D eigenvalue weighted by atomic mass is 9.98. The van der Waals surface area contributed by atoms with Crippen molar-refractivity contribution < 1.29 is 19.0 Å². The summed E-state index contributed by atoms with van der Waals surface area (Å²) in [4.78, 5) is 16.8. The fraction of sp³-hybridized carbons (Fsp3) is 0.333. The van der Waals surface area contributed by atoms with Crippen LogP contribution in [-0.4, -0.2) is 57.7 Å². The third-order valence-corrected chi connectivity index (χ3v) is 6.08. The summed E-state index contributed by atoms with van der Waals surface area (Å²) in [5.41, 5.74) is 2.84. The Kier molecular flexibility index (Phi) is 7.80. The third-order valence-electron chi connectivity index (χ3n) is 6.08. The maximum atomic E-state index is 12.7. The Labute approximate surface area is 209 Å². The van der Waals surface area contributed by atoms with Gasteiger partial charge in [-0.15, -0.1) is 14.8 Å². The minimum atomic E-state index is -0.395. The first kappa shape index (κ1) is 23.9. The van der Waals surface area contributed by atoms with Gasteiger partial charge in [-0.1, -0.05) is 60.7 Å². The summed E-state index contributed by atoms with van der Waals surface area (Å²) in [7, 11) is 0. The van der Waals surface area contributed by atoms with Crippen LogP contribution in [0, 0.1) is 0 Å². The molecule has 4 aromatic rings. The van der Waals surface area contributed by atoms with Crippen LogP contribution in [0.1, 0.15) is 36.5 Å². The van der Waals surface area contributed by atoms with Crippen LogP contribution in [0.25, 0.3) is 5.65 Å². The topological polar surface area (TPSA) is 99.9 Å². The van der Waals surface area contributed by atoms with Crippen LogP contribution in [0.2, 0.25) is 0 Å². The molecular weight excluding hydrogens is 458 g/mol. The first-order chi connectivity index (χ1) is 17.8. The summed E-state index contributed by atoms with van der Waals surface area (Å²) in [6.45, 7) is 1.34. The second-order valence-corrected chi connectivity index (χ2v) is 8.64. The van der Waals surface area contributed by atoms with Crippen molar-refractivity contribution in [1.29, 1.82) is 0 Å². The fourth-order valence-corrected chi connectivity index (χ4v) is 4.27. The van der Waals surface area contributed by atoms with Crippen LogP contribution >= 0.6 is 0 Å². The highest BCUT2D eigenvalue weighted by Crippen LogP contribution is 2.30. The molecule has 2 aromatic heterocycles. The summed E-state index contributed by atoms with van der Waals surface area (Å²) in [6, 6.07) is 23.5. The van der Waals surface area contributed by atoms with Crippen LogP contribution in [0.15, 0.2) is 79.1 Å². The fourth-order valence-electron chi connectivity index (χ4n) is 4.27. The zero-order chi connectivity index (χ0) is 24.6. The lowest BCUT2D eigenvalue weighted by Crippen LogP contribution is -2.47. The molecule has 0 saturated carbocycles. The minimum absolute atomic E-state index is 0.0599. The lowest BCUT2D eigenvalue weighted by Gasteiger charge is -2.32. The van der Waals surface area contributed by atoms with E-state index in [1.54, 1.807) is 12.1 Å². The molecule has 2 unspecified atom stereocenters. The molecule has 5 rings (SSSR count). The highest BCUT2D eigenvalue weighted by molar-refractivity contribution is 5.76. The molecule has 9 heteroatoms. The number of carbonyl (C=O) groups is 1. The molecule has 0 bridgehead atoms. The van der Waals surface area contributed by atoms with E-state index < -0.39 is 6.04 Å². The molecule has 1 N–H and O–H groups in total. The number of ether oxygens (including phenoxy) is 3. The van der Waals surface area contributed by atoms with E-state index in [4.69, 9.17) is 14.2 Å². The summed E-state index contributed by atoms with van der Waals surface area (Å²) in [5.74, 6) is 0.182. The first-order valence-corrected chi connectivity index (χ1v) is 12.2. The number of piperidine rings is 1. The molecule has 36 heavy (non-hydrogen) atoms. The van der Waals surface area contributed by atoms with E-state index in [1.165, 1.54) is 11.0 Å². The predicted molar refractivity (Wildman–Crippen MR) is 132 cm³/mol. The number of nitrogens with zero attached hydrogens (tertiary/aromatic N) is 4. The van der Waals surface area contributed by atoms with Crippen molar-refractivity contribution in [2.24, 2.45) is 0 Å². The summed E-state index contributed by atoms with van der Waals surface area (Å²) in [6.07, 6.45) is 3.14. The normalized spacial score (nSPS) is 17.8. The number of esters is 1. The van der Waals surface area contributed by atoms with Gasteiger partial charge in [0.25, 0.3) is 0 Å². The van der Waals surface area contributed by atoms with E-state index in [1.807, 2.05) is 36.4 Å². The zero-order valence-electron chi connectivity index (χ0n) is 19.9. The Bertz CT molecular complexity index is 1210. The minimum Gasteiger partial charge on any atom is -0.476 e. The van der Waals surface area contributed by atoms with Crippen molar-refractivity contribution in [3.63, 3.8) is 0 Å². The Morgan fingerprint density at radius 2 is 1.75 bits per heavy atom. The molecule has 2 atom stereocenters. The van der Waals surface area contributed by atoms with Crippen LogP contribution < -0.4 is 10.1 Å². The van der Waals surface area contributed by atoms with E-state index in [0.29, 0.717) is 37.5 Å². The molecule has 2 aromatic carbocycles. The van der Waals surface area contributed by atoms with Crippen LogP contribution in [0.3, 0.4) is 0 Å². The number of fused-ring (bicyclic) bond motifs is 1. The van der Waals surface area contributed by atoms with Crippen molar-refractivity contribution in [2.75, 3.05) is 19.8 Å². The Balaban J connectivity index is 1.10. The van der Waals surface area contributed by atoms with Crippen molar-refractivity contribution in [1.82, 2.24) is 25.1 Å². The number of carbonyl (C=O) groups excluding carboxylic acids is 1. The van der Waals surface area contributed by atoms with Gasteiger partial charge in [-0.3, -0.25) is 4.79 Å². The van der Waals surface area contributed by atoms with Crippen LogP contribution in [0.4, 0.5) is 0 Å². The molecule has 0 aliphatic carbocycles. The Hall–Kier alpha value is -3.82. The molecule has 1 fully saturated rings. The Morgan fingerprint density at radius 3 is 2.50 bits per heavy atom. The predicted octanol–water partition coefficient (Wildman–Crippen LogP) is 3.36. The maximum absolute atomic E-state index is 12.7. The molecule has 9 nitrogen and oxygen atoms in total. The van der Waals surface area contributed by atoms with Gasteiger partial charge in [-0.05, 0) is 36.6 Å². The molecule has 1 aliphatic rings. The summed E-state index contributed by atoms with van der Waals surface area (Å²) < 4.78 is 19.1. The second-order valence-electron chi connectivity index (χ2n) is 8.64. The summed E-state index contributed by atoms with van der Waals surface area (Å²) in [5, 5.41) is 11.5. The van der Waals surface area contributed by atoms with Gasteiger partial charge >= 0.3 is 5.97 Å².